The van der Waals surface area contributed by atoms with Crippen molar-refractivity contribution in [3.05, 3.63) is 75.2 Å². The van der Waals surface area contributed by atoms with Crippen LogP contribution in [-0.2, 0) is 24.1 Å². The number of amides is 1. The average molecular weight is 640 g/mol. The zero-order valence-corrected chi connectivity index (χ0v) is 21.9. The summed E-state index contributed by atoms with van der Waals surface area (Å²) in [7, 11) is 0. The van der Waals surface area contributed by atoms with Crippen molar-refractivity contribution in [3.8, 4) is 11.4 Å². The zero-order chi connectivity index (χ0) is 29.1. The van der Waals surface area contributed by atoms with Gasteiger partial charge in [0, 0.05) is 0 Å². The molecule has 0 aliphatic heterocycles. The Labute approximate surface area is 229 Å². The van der Waals surface area contributed by atoms with E-state index >= 15 is 0 Å². The fourth-order valence-corrected chi connectivity index (χ4v) is 3.96. The molecule has 0 saturated heterocycles. The number of aliphatic hydroxyl groups excluding tert-OH is 1. The Morgan fingerprint density at radius 3 is 2.33 bits per heavy atom. The van der Waals surface area contributed by atoms with Crippen LogP contribution in [0.3, 0.4) is 0 Å². The molecule has 0 fully saturated rings. The molecule has 39 heavy (non-hydrogen) atoms. The van der Waals surface area contributed by atoms with E-state index in [2.05, 4.69) is 15.6 Å². The van der Waals surface area contributed by atoms with E-state index in [1.54, 1.807) is 16.9 Å². The fraction of sp³-hybridized carbons (Fsp3) is 0.273. The van der Waals surface area contributed by atoms with E-state index in [0.29, 0.717) is 9.25 Å². The quantitative estimate of drug-likeness (QED) is 0.115. The van der Waals surface area contributed by atoms with Gasteiger partial charge in [0.1, 0.15) is 0 Å². The molecule has 1 amide bonds. The van der Waals surface area contributed by atoms with Crippen LogP contribution in [0.1, 0.15) is 17.2 Å². The number of carbonyl (C=O) groups excluding carboxylic acids is 1. The minimum atomic E-state index is -5.06. The van der Waals surface area contributed by atoms with Gasteiger partial charge in [-0.15, -0.1) is 0 Å². The number of rotatable bonds is 8. The van der Waals surface area contributed by atoms with Crippen molar-refractivity contribution in [2.45, 2.75) is 37.6 Å². The molecule has 2 aromatic carbocycles. The van der Waals surface area contributed by atoms with Crippen LogP contribution in [0.2, 0.25) is 5.02 Å². The van der Waals surface area contributed by atoms with Crippen LogP contribution in [0.4, 0.5) is 26.3 Å². The third-order valence-electron chi connectivity index (χ3n) is 5.27. The molecule has 0 saturated carbocycles. The van der Waals surface area contributed by atoms with Crippen LogP contribution >= 0.6 is 11.6 Å². The number of oxime groups is 1. The molecule has 0 spiro atoms. The van der Waals surface area contributed by atoms with Crippen molar-refractivity contribution in [2.24, 2.45) is 5.16 Å². The third-order valence-corrected chi connectivity index (χ3v) is 6.25. The first-order valence-electron chi connectivity index (χ1n) is 10.7. The fourth-order valence-electron chi connectivity index (χ4n) is 3.39. The van der Waals surface area contributed by atoms with Crippen LogP contribution in [-0.4, -0.2) is 64.2 Å². The van der Waals surface area contributed by atoms with Crippen molar-refractivity contribution in [1.82, 2.24) is 19.7 Å². The summed E-state index contributed by atoms with van der Waals surface area (Å²) >= 11 is 7.60. The maximum atomic E-state index is 13.2. The molecule has 17 heteroatoms. The molecule has 2 atom stereocenters. The molecule has 9 nitrogen and oxygen atoms in total. The van der Waals surface area contributed by atoms with Crippen LogP contribution in [0.25, 0.3) is 11.4 Å². The van der Waals surface area contributed by atoms with Crippen molar-refractivity contribution in [2.75, 3.05) is 0 Å². The van der Waals surface area contributed by atoms with E-state index in [9.17, 15) is 46.2 Å². The van der Waals surface area contributed by atoms with Crippen LogP contribution < -0.4 is 11.0 Å². The SMILES string of the molecule is O=C(Cn1nc(-c2ccc(Cl)cc2)n(C[C@H](O)C(F)(F)F)c1=O)NC(/C([As])=N/O)c1cccc(C(F)(F)F)c1. The Bertz CT molecular complexity index is 1420. The summed E-state index contributed by atoms with van der Waals surface area (Å²) in [4.78, 5) is 25.7. The van der Waals surface area contributed by atoms with Gasteiger partial charge in [-0.2, -0.15) is 0 Å². The number of benzene rings is 2. The molecule has 0 bridgehead atoms. The van der Waals surface area contributed by atoms with E-state index < -0.39 is 54.7 Å². The number of hydrogen-bond acceptors (Lipinski definition) is 6. The summed E-state index contributed by atoms with van der Waals surface area (Å²) in [5.74, 6) is -1.32. The normalized spacial score (nSPS) is 14.2. The van der Waals surface area contributed by atoms with Gasteiger partial charge in [-0.1, -0.05) is 11.6 Å². The van der Waals surface area contributed by atoms with Gasteiger partial charge in [-0.05, 0) is 0 Å². The van der Waals surface area contributed by atoms with Crippen molar-refractivity contribution in [3.63, 3.8) is 0 Å². The van der Waals surface area contributed by atoms with Gasteiger partial charge in [-0.25, -0.2) is 0 Å². The summed E-state index contributed by atoms with van der Waals surface area (Å²) in [6, 6.07) is 7.91. The van der Waals surface area contributed by atoms with E-state index in [1.807, 2.05) is 0 Å². The second kappa shape index (κ2) is 11.8. The number of hydrogen-bond donors (Lipinski definition) is 3. The predicted molar refractivity (Wildman–Crippen MR) is 126 cm³/mol. The standard InChI is InChI=1S/C22H17AsClF6N5O4/c23-18(33-39)17(12-2-1-3-13(8-12)21(25,26)27)31-16(37)10-35-20(38)34(9-15(36)22(28,29)30)19(32-35)11-4-6-14(24)7-5-11/h1-8,15,17,36,39H,9-10H2,(H,31,37)/b33-18-/t15-,17?/m0/s1. The summed E-state index contributed by atoms with van der Waals surface area (Å²) < 4.78 is 79.3. The second-order valence-electron chi connectivity index (χ2n) is 8.02. The molecule has 1 aromatic heterocycles. The van der Waals surface area contributed by atoms with Gasteiger partial charge in [0.15, 0.2) is 0 Å². The van der Waals surface area contributed by atoms with Crippen LogP contribution in [0.5, 0.6) is 0 Å². The van der Waals surface area contributed by atoms with Crippen molar-refractivity contribution >= 4 is 38.9 Å². The van der Waals surface area contributed by atoms with Gasteiger partial charge in [0.2, 0.25) is 0 Å². The first-order valence-corrected chi connectivity index (χ1v) is 12.0. The molecule has 3 N–H and O–H groups in total. The number of alkyl halides is 6. The summed E-state index contributed by atoms with van der Waals surface area (Å²) in [6.07, 6.45) is -12.7. The molecule has 208 valence electrons. The van der Waals surface area contributed by atoms with Gasteiger partial charge in [-0.3, -0.25) is 0 Å². The van der Waals surface area contributed by atoms with E-state index in [0.717, 1.165) is 18.2 Å². The van der Waals surface area contributed by atoms with Crippen molar-refractivity contribution in [1.29, 1.82) is 0 Å². The summed E-state index contributed by atoms with van der Waals surface area (Å²) in [5.41, 5.74) is -2.19. The summed E-state index contributed by atoms with van der Waals surface area (Å²) in [5, 5.41) is 28.2. The Kier molecular flexibility index (Phi) is 9.19. The number of halogens is 7. The van der Waals surface area contributed by atoms with Gasteiger partial charge in [0.25, 0.3) is 0 Å². The Morgan fingerprint density at radius 2 is 1.77 bits per heavy atom. The van der Waals surface area contributed by atoms with Crippen molar-refractivity contribution < 1.29 is 41.5 Å². The third kappa shape index (κ3) is 7.43. The number of carbonyl (C=O) groups is 1. The topological polar surface area (TPSA) is 122 Å². The number of nitrogens with zero attached hydrogens (tertiary/aromatic N) is 4. The molecule has 3 aromatic rings. The van der Waals surface area contributed by atoms with Gasteiger partial charge >= 0.3 is 218 Å². The van der Waals surface area contributed by atoms with Gasteiger partial charge < -0.3 is 0 Å². The number of aromatic nitrogens is 3. The Balaban J connectivity index is 1.96. The predicted octanol–water partition coefficient (Wildman–Crippen LogP) is 3.12. The monoisotopic (exact) mass is 639 g/mol. The van der Waals surface area contributed by atoms with E-state index in [-0.39, 0.29) is 26.5 Å². The van der Waals surface area contributed by atoms with E-state index in [1.165, 1.54) is 30.3 Å². The first-order chi connectivity index (χ1) is 18.1. The number of nitrogens with one attached hydrogen (secondary N) is 1. The minimum absolute atomic E-state index is 0.111. The molecule has 1 unspecified atom stereocenters. The molecule has 0 aliphatic rings. The van der Waals surface area contributed by atoms with Gasteiger partial charge in [0.05, 0.1) is 0 Å². The van der Waals surface area contributed by atoms with Crippen LogP contribution in [0.15, 0.2) is 58.5 Å². The number of aliphatic hydroxyl groups is 1. The molecule has 0 aliphatic carbocycles. The molecular formula is C22H17AsClF6N5O4. The Hall–Kier alpha value is -3.29. The first kappa shape index (κ1) is 30.3. The Morgan fingerprint density at radius 1 is 1.13 bits per heavy atom. The van der Waals surface area contributed by atoms with E-state index in [4.69, 9.17) is 11.6 Å². The average Bonchev–Trinajstić information content (AvgIpc) is 3.16. The zero-order valence-electron chi connectivity index (χ0n) is 19.3. The molecular weight excluding hydrogens is 623 g/mol. The molecule has 3 rings (SSSR count). The maximum absolute atomic E-state index is 13.2. The van der Waals surface area contributed by atoms with Crippen LogP contribution in [0, 0.1) is 0 Å². The second-order valence-corrected chi connectivity index (χ2v) is 9.42. The molecule has 1 heterocycles. The summed E-state index contributed by atoms with van der Waals surface area (Å²) in [6.45, 7) is -2.11. The molecule has 2 radical (unpaired) electrons.